The van der Waals surface area contributed by atoms with E-state index in [9.17, 15) is 4.39 Å². The number of anilines is 1. The second-order valence-electron chi connectivity index (χ2n) is 5.40. The Morgan fingerprint density at radius 3 is 2.20 bits per heavy atom. The lowest BCUT2D eigenvalue weighted by molar-refractivity contribution is 0.587. The van der Waals surface area contributed by atoms with Crippen molar-refractivity contribution < 1.29 is 4.39 Å². The molecule has 0 fully saturated rings. The largest absolute Gasteiger partial charge is 0.378 e. The quantitative estimate of drug-likeness (QED) is 0.794. The van der Waals surface area contributed by atoms with Crippen LogP contribution in [0, 0.1) is 26.6 Å². The van der Waals surface area contributed by atoms with Gasteiger partial charge in [0.25, 0.3) is 0 Å². The average molecular weight is 271 g/mol. The summed E-state index contributed by atoms with van der Waals surface area (Å²) in [4.78, 5) is 0. The number of benzene rings is 2. The minimum Gasteiger partial charge on any atom is -0.378 e. The smallest absolute Gasteiger partial charge is 0.128 e. The predicted octanol–water partition coefficient (Wildman–Crippen LogP) is 5.31. The Morgan fingerprint density at radius 2 is 1.65 bits per heavy atom. The summed E-state index contributed by atoms with van der Waals surface area (Å²) >= 11 is 0. The van der Waals surface area contributed by atoms with Crippen molar-refractivity contribution in [2.75, 3.05) is 5.32 Å². The van der Waals surface area contributed by atoms with Gasteiger partial charge in [0.05, 0.1) is 6.04 Å². The van der Waals surface area contributed by atoms with Crippen molar-refractivity contribution in [1.82, 2.24) is 0 Å². The lowest BCUT2D eigenvalue weighted by atomic mass is 10.0. The number of hydrogen-bond donors (Lipinski definition) is 1. The van der Waals surface area contributed by atoms with Gasteiger partial charge >= 0.3 is 0 Å². The zero-order valence-electron chi connectivity index (χ0n) is 12.6. The van der Waals surface area contributed by atoms with Crippen molar-refractivity contribution in [3.63, 3.8) is 0 Å². The lowest BCUT2D eigenvalue weighted by Gasteiger charge is -2.22. The summed E-state index contributed by atoms with van der Waals surface area (Å²) in [6, 6.07) is 11.3. The summed E-state index contributed by atoms with van der Waals surface area (Å²) in [6.07, 6.45) is 0.841. The van der Waals surface area contributed by atoms with Gasteiger partial charge in [-0.25, -0.2) is 4.39 Å². The Morgan fingerprint density at radius 1 is 1.05 bits per heavy atom. The van der Waals surface area contributed by atoms with Crippen LogP contribution >= 0.6 is 0 Å². The summed E-state index contributed by atoms with van der Waals surface area (Å²) in [6.45, 7) is 8.35. The molecule has 0 aliphatic heterocycles. The molecule has 0 aliphatic rings. The van der Waals surface area contributed by atoms with Crippen LogP contribution in [0.3, 0.4) is 0 Å². The normalized spacial score (nSPS) is 12.2. The van der Waals surface area contributed by atoms with Gasteiger partial charge in [-0.05, 0) is 44.4 Å². The van der Waals surface area contributed by atoms with Crippen LogP contribution in [-0.4, -0.2) is 0 Å². The molecule has 1 nitrogen and oxygen atoms in total. The SMILES string of the molecule is CCC(Nc1c(C)cc(C)cc1C)c1ccccc1F. The van der Waals surface area contributed by atoms with Crippen LogP contribution in [0.15, 0.2) is 36.4 Å². The van der Waals surface area contributed by atoms with Crippen molar-refractivity contribution in [2.45, 2.75) is 40.2 Å². The van der Waals surface area contributed by atoms with Crippen molar-refractivity contribution in [2.24, 2.45) is 0 Å². The van der Waals surface area contributed by atoms with Crippen LogP contribution in [0.4, 0.5) is 10.1 Å². The van der Waals surface area contributed by atoms with Crippen molar-refractivity contribution in [3.05, 3.63) is 64.5 Å². The second kappa shape index (κ2) is 6.08. The molecular formula is C18H22FN. The van der Waals surface area contributed by atoms with E-state index >= 15 is 0 Å². The fraction of sp³-hybridized carbons (Fsp3) is 0.333. The molecule has 1 unspecified atom stereocenters. The third kappa shape index (κ3) is 3.01. The molecule has 1 atom stereocenters. The summed E-state index contributed by atoms with van der Waals surface area (Å²) in [7, 11) is 0. The Kier molecular flexibility index (Phi) is 4.43. The van der Waals surface area contributed by atoms with Crippen molar-refractivity contribution >= 4 is 5.69 Å². The van der Waals surface area contributed by atoms with E-state index in [2.05, 4.69) is 45.1 Å². The molecular weight excluding hydrogens is 249 g/mol. The second-order valence-corrected chi connectivity index (χ2v) is 5.40. The van der Waals surface area contributed by atoms with E-state index in [0.717, 1.165) is 17.7 Å². The van der Waals surface area contributed by atoms with Crippen LogP contribution < -0.4 is 5.32 Å². The van der Waals surface area contributed by atoms with Gasteiger partial charge in [-0.2, -0.15) is 0 Å². The zero-order valence-corrected chi connectivity index (χ0v) is 12.6. The summed E-state index contributed by atoms with van der Waals surface area (Å²) in [5.41, 5.74) is 5.51. The van der Waals surface area contributed by atoms with Gasteiger partial charge in [0.1, 0.15) is 5.82 Å². The van der Waals surface area contributed by atoms with Crippen molar-refractivity contribution in [1.29, 1.82) is 0 Å². The standard InChI is InChI=1S/C18H22FN/c1-5-17(15-8-6-7-9-16(15)19)20-18-13(3)10-12(2)11-14(18)4/h6-11,17,20H,5H2,1-4H3. The Bertz CT molecular complexity index is 581. The Labute approximate surface area is 120 Å². The van der Waals surface area contributed by atoms with Gasteiger partial charge in [0.2, 0.25) is 0 Å². The molecule has 2 aromatic rings. The van der Waals surface area contributed by atoms with Gasteiger partial charge in [0, 0.05) is 11.3 Å². The fourth-order valence-corrected chi connectivity index (χ4v) is 2.74. The predicted molar refractivity (Wildman–Crippen MR) is 83.7 cm³/mol. The monoisotopic (exact) mass is 271 g/mol. The maximum absolute atomic E-state index is 14.0. The lowest BCUT2D eigenvalue weighted by Crippen LogP contribution is -2.13. The first kappa shape index (κ1) is 14.6. The van der Waals surface area contributed by atoms with Crippen LogP contribution in [0.1, 0.15) is 41.6 Å². The zero-order chi connectivity index (χ0) is 14.7. The van der Waals surface area contributed by atoms with E-state index in [-0.39, 0.29) is 11.9 Å². The first-order valence-electron chi connectivity index (χ1n) is 7.11. The van der Waals surface area contributed by atoms with Gasteiger partial charge in [-0.1, -0.05) is 42.8 Å². The average Bonchev–Trinajstić information content (AvgIpc) is 2.39. The molecule has 0 heterocycles. The maximum Gasteiger partial charge on any atom is 0.128 e. The molecule has 0 aromatic heterocycles. The maximum atomic E-state index is 14.0. The third-order valence-corrected chi connectivity index (χ3v) is 3.68. The molecule has 0 saturated carbocycles. The van der Waals surface area contributed by atoms with Gasteiger partial charge in [0.15, 0.2) is 0 Å². The van der Waals surface area contributed by atoms with Crippen LogP contribution in [0.25, 0.3) is 0 Å². The molecule has 0 radical (unpaired) electrons. The van der Waals surface area contributed by atoms with Gasteiger partial charge in [-0.15, -0.1) is 0 Å². The number of nitrogens with one attached hydrogen (secondary N) is 1. The topological polar surface area (TPSA) is 12.0 Å². The summed E-state index contributed by atoms with van der Waals surface area (Å²) < 4.78 is 14.0. The van der Waals surface area contributed by atoms with Gasteiger partial charge in [-0.3, -0.25) is 0 Å². The Hall–Kier alpha value is -1.83. The minimum absolute atomic E-state index is 0.00342. The molecule has 1 N–H and O–H groups in total. The molecule has 106 valence electrons. The molecule has 2 heteroatoms. The third-order valence-electron chi connectivity index (χ3n) is 3.68. The van der Waals surface area contributed by atoms with E-state index in [4.69, 9.17) is 0 Å². The number of aryl methyl sites for hydroxylation is 3. The van der Waals surface area contributed by atoms with E-state index < -0.39 is 0 Å². The highest BCUT2D eigenvalue weighted by atomic mass is 19.1. The van der Waals surface area contributed by atoms with Crippen molar-refractivity contribution in [3.8, 4) is 0 Å². The fourth-order valence-electron chi connectivity index (χ4n) is 2.74. The minimum atomic E-state index is -0.144. The molecule has 0 saturated heterocycles. The highest BCUT2D eigenvalue weighted by molar-refractivity contribution is 5.59. The van der Waals surface area contributed by atoms with E-state index in [0.29, 0.717) is 0 Å². The molecule has 2 aromatic carbocycles. The molecule has 20 heavy (non-hydrogen) atoms. The highest BCUT2D eigenvalue weighted by Gasteiger charge is 2.15. The summed E-state index contributed by atoms with van der Waals surface area (Å²) in [5.74, 6) is -0.144. The Balaban J connectivity index is 2.35. The van der Waals surface area contributed by atoms with Gasteiger partial charge < -0.3 is 5.32 Å². The molecule has 0 spiro atoms. The van der Waals surface area contributed by atoms with Crippen LogP contribution in [0.5, 0.6) is 0 Å². The highest BCUT2D eigenvalue weighted by Crippen LogP contribution is 2.29. The molecule has 2 rings (SSSR count). The molecule has 0 bridgehead atoms. The van der Waals surface area contributed by atoms with E-state index in [1.54, 1.807) is 6.07 Å². The number of halogens is 1. The number of rotatable bonds is 4. The number of hydrogen-bond acceptors (Lipinski definition) is 1. The first-order chi connectivity index (χ1) is 9.52. The first-order valence-corrected chi connectivity index (χ1v) is 7.11. The summed E-state index contributed by atoms with van der Waals surface area (Å²) in [5, 5.41) is 3.51. The van der Waals surface area contributed by atoms with E-state index in [1.165, 1.54) is 22.8 Å². The molecule has 0 amide bonds. The van der Waals surface area contributed by atoms with Crippen LogP contribution in [-0.2, 0) is 0 Å². The van der Waals surface area contributed by atoms with Crippen LogP contribution in [0.2, 0.25) is 0 Å². The van der Waals surface area contributed by atoms with E-state index in [1.807, 2.05) is 12.1 Å². The molecule has 0 aliphatic carbocycles.